The second-order valence-electron chi connectivity index (χ2n) is 7.34. The molecule has 2 amide bonds. The normalized spacial score (nSPS) is 14.7. The Labute approximate surface area is 165 Å². The molecule has 0 atom stereocenters. The molecule has 1 N–H and O–H groups in total. The summed E-state index contributed by atoms with van der Waals surface area (Å²) < 4.78 is 13.0. The van der Waals surface area contributed by atoms with Gasteiger partial charge in [0.25, 0.3) is 0 Å². The number of nitrogens with zero attached hydrogens (tertiary/aromatic N) is 1. The molecule has 0 spiro atoms. The number of carbonyl (C=O) groups excluding carboxylic acids is 2. The van der Waals surface area contributed by atoms with Crippen LogP contribution in [0, 0.1) is 11.7 Å². The Morgan fingerprint density at radius 1 is 0.964 bits per heavy atom. The first-order valence-corrected chi connectivity index (χ1v) is 9.95. The average Bonchev–Trinajstić information content (AvgIpc) is 2.73. The van der Waals surface area contributed by atoms with Crippen molar-refractivity contribution >= 4 is 11.8 Å². The predicted octanol–water partition coefficient (Wildman–Crippen LogP) is 3.36. The summed E-state index contributed by atoms with van der Waals surface area (Å²) in [4.78, 5) is 26.6. The molecular weight excluding hydrogens is 355 g/mol. The first kappa shape index (κ1) is 20.1. The average molecular weight is 382 g/mol. The van der Waals surface area contributed by atoms with Crippen molar-refractivity contribution in [2.45, 2.75) is 32.1 Å². The number of carbonyl (C=O) groups is 2. The van der Waals surface area contributed by atoms with Crippen LogP contribution in [0.5, 0.6) is 0 Å². The quantitative estimate of drug-likeness (QED) is 0.747. The van der Waals surface area contributed by atoms with Crippen LogP contribution in [0.25, 0.3) is 0 Å². The number of rotatable bonds is 7. The third-order valence-electron chi connectivity index (χ3n) is 5.27. The van der Waals surface area contributed by atoms with Crippen molar-refractivity contribution < 1.29 is 14.0 Å². The summed E-state index contributed by atoms with van der Waals surface area (Å²) in [6, 6.07) is 16.3. The van der Waals surface area contributed by atoms with Gasteiger partial charge in [-0.1, -0.05) is 42.5 Å². The van der Waals surface area contributed by atoms with Gasteiger partial charge in [0.15, 0.2) is 0 Å². The summed E-state index contributed by atoms with van der Waals surface area (Å²) in [5.74, 6) is -0.189. The molecule has 2 aromatic rings. The maximum absolute atomic E-state index is 13.0. The van der Waals surface area contributed by atoms with Gasteiger partial charge in [-0.25, -0.2) is 4.39 Å². The van der Waals surface area contributed by atoms with Gasteiger partial charge in [-0.3, -0.25) is 9.59 Å². The Bertz CT molecular complexity index is 769. The van der Waals surface area contributed by atoms with Gasteiger partial charge in [-0.2, -0.15) is 0 Å². The molecule has 0 saturated carbocycles. The molecule has 0 radical (unpaired) electrons. The maximum Gasteiger partial charge on any atom is 0.226 e. The van der Waals surface area contributed by atoms with E-state index in [1.165, 1.54) is 17.7 Å². The van der Waals surface area contributed by atoms with E-state index in [2.05, 4.69) is 17.4 Å². The number of likely N-dealkylation sites (tertiary alicyclic amines) is 1. The molecule has 1 aliphatic heterocycles. The van der Waals surface area contributed by atoms with Gasteiger partial charge in [-0.05, 0) is 48.9 Å². The van der Waals surface area contributed by atoms with Crippen molar-refractivity contribution in [1.82, 2.24) is 10.2 Å². The van der Waals surface area contributed by atoms with Crippen LogP contribution in [0.3, 0.4) is 0 Å². The molecule has 0 bridgehead atoms. The van der Waals surface area contributed by atoms with Gasteiger partial charge in [0.2, 0.25) is 11.8 Å². The van der Waals surface area contributed by atoms with Crippen LogP contribution in [0.4, 0.5) is 4.39 Å². The lowest BCUT2D eigenvalue weighted by Crippen LogP contribution is -2.43. The molecule has 1 fully saturated rings. The Hall–Kier alpha value is -2.69. The number of halogens is 1. The van der Waals surface area contributed by atoms with E-state index in [9.17, 15) is 14.0 Å². The van der Waals surface area contributed by atoms with Gasteiger partial charge >= 0.3 is 0 Å². The summed E-state index contributed by atoms with van der Waals surface area (Å²) in [5, 5.41) is 3.03. The molecule has 0 aromatic heterocycles. The first-order chi connectivity index (χ1) is 13.6. The zero-order chi connectivity index (χ0) is 19.8. The van der Waals surface area contributed by atoms with Crippen LogP contribution in [-0.2, 0) is 22.4 Å². The number of amides is 2. The first-order valence-electron chi connectivity index (χ1n) is 9.95. The minimum atomic E-state index is -0.299. The summed E-state index contributed by atoms with van der Waals surface area (Å²) in [6.07, 6.45) is 3.54. The van der Waals surface area contributed by atoms with E-state index in [0.29, 0.717) is 32.5 Å². The summed E-state index contributed by atoms with van der Waals surface area (Å²) in [7, 11) is 0. The second kappa shape index (κ2) is 10.0. The highest BCUT2D eigenvalue weighted by molar-refractivity contribution is 5.81. The van der Waals surface area contributed by atoms with E-state index in [1.54, 1.807) is 12.1 Å². The molecule has 1 aliphatic rings. The molecular formula is C23H27FN2O2. The minimum absolute atomic E-state index is 0.0217. The van der Waals surface area contributed by atoms with Crippen LogP contribution in [0.15, 0.2) is 54.6 Å². The molecule has 3 rings (SSSR count). The number of aryl methyl sites for hydroxylation is 1. The topological polar surface area (TPSA) is 49.4 Å². The van der Waals surface area contributed by atoms with E-state index in [1.807, 2.05) is 23.1 Å². The Balaban J connectivity index is 1.35. The lowest BCUT2D eigenvalue weighted by atomic mass is 9.95. The standard InChI is InChI=1S/C23H27FN2O2/c24-21-10-8-19(9-11-21)17-22(27)26-15-12-20(13-16-26)23(28)25-14-4-7-18-5-2-1-3-6-18/h1-3,5-6,8-11,20H,4,7,12-17H2,(H,25,28). The zero-order valence-corrected chi connectivity index (χ0v) is 16.1. The monoisotopic (exact) mass is 382 g/mol. The van der Waals surface area contributed by atoms with Crippen LogP contribution < -0.4 is 5.32 Å². The summed E-state index contributed by atoms with van der Waals surface area (Å²) in [5.41, 5.74) is 2.09. The number of hydrogen-bond acceptors (Lipinski definition) is 2. The smallest absolute Gasteiger partial charge is 0.226 e. The van der Waals surface area contributed by atoms with Gasteiger partial charge in [0.1, 0.15) is 5.82 Å². The molecule has 2 aromatic carbocycles. The molecule has 148 valence electrons. The largest absolute Gasteiger partial charge is 0.356 e. The van der Waals surface area contributed by atoms with Gasteiger partial charge < -0.3 is 10.2 Å². The summed E-state index contributed by atoms with van der Waals surface area (Å²) in [6.45, 7) is 1.88. The molecule has 1 saturated heterocycles. The molecule has 4 nitrogen and oxygen atoms in total. The third kappa shape index (κ3) is 5.91. The molecule has 0 unspecified atom stereocenters. The fraction of sp³-hybridized carbons (Fsp3) is 0.391. The lowest BCUT2D eigenvalue weighted by Gasteiger charge is -2.31. The summed E-state index contributed by atoms with van der Waals surface area (Å²) >= 11 is 0. The third-order valence-corrected chi connectivity index (χ3v) is 5.27. The molecule has 0 aliphatic carbocycles. The van der Waals surface area contributed by atoms with E-state index < -0.39 is 0 Å². The Morgan fingerprint density at radius 2 is 1.64 bits per heavy atom. The van der Waals surface area contributed by atoms with Crippen molar-refractivity contribution in [3.8, 4) is 0 Å². The van der Waals surface area contributed by atoms with E-state index >= 15 is 0 Å². The lowest BCUT2D eigenvalue weighted by molar-refractivity contribution is -0.135. The van der Waals surface area contributed by atoms with Crippen molar-refractivity contribution in [2.24, 2.45) is 5.92 Å². The molecule has 28 heavy (non-hydrogen) atoms. The predicted molar refractivity (Wildman–Crippen MR) is 107 cm³/mol. The van der Waals surface area contributed by atoms with E-state index in [0.717, 1.165) is 18.4 Å². The molecule has 5 heteroatoms. The second-order valence-corrected chi connectivity index (χ2v) is 7.34. The van der Waals surface area contributed by atoms with Gasteiger partial charge in [0.05, 0.1) is 6.42 Å². The number of hydrogen-bond donors (Lipinski definition) is 1. The van der Waals surface area contributed by atoms with Crippen LogP contribution >= 0.6 is 0 Å². The van der Waals surface area contributed by atoms with Gasteiger partial charge in [-0.15, -0.1) is 0 Å². The number of piperidine rings is 1. The highest BCUT2D eigenvalue weighted by Crippen LogP contribution is 2.18. The highest BCUT2D eigenvalue weighted by atomic mass is 19.1. The van der Waals surface area contributed by atoms with Crippen LogP contribution in [0.1, 0.15) is 30.4 Å². The molecule has 1 heterocycles. The fourth-order valence-corrected chi connectivity index (χ4v) is 3.57. The Morgan fingerprint density at radius 3 is 2.32 bits per heavy atom. The van der Waals surface area contributed by atoms with Crippen LogP contribution in [0.2, 0.25) is 0 Å². The maximum atomic E-state index is 13.0. The Kier molecular flexibility index (Phi) is 7.18. The van der Waals surface area contributed by atoms with Crippen molar-refractivity contribution in [3.63, 3.8) is 0 Å². The number of benzene rings is 2. The zero-order valence-electron chi connectivity index (χ0n) is 16.1. The highest BCUT2D eigenvalue weighted by Gasteiger charge is 2.27. The van der Waals surface area contributed by atoms with Crippen molar-refractivity contribution in [1.29, 1.82) is 0 Å². The minimum Gasteiger partial charge on any atom is -0.356 e. The van der Waals surface area contributed by atoms with E-state index in [-0.39, 0.29) is 30.0 Å². The van der Waals surface area contributed by atoms with E-state index in [4.69, 9.17) is 0 Å². The van der Waals surface area contributed by atoms with Gasteiger partial charge in [0, 0.05) is 25.6 Å². The number of nitrogens with one attached hydrogen (secondary N) is 1. The SMILES string of the molecule is O=C(NCCCc1ccccc1)C1CCN(C(=O)Cc2ccc(F)cc2)CC1. The van der Waals surface area contributed by atoms with Crippen molar-refractivity contribution in [2.75, 3.05) is 19.6 Å². The fourth-order valence-electron chi connectivity index (χ4n) is 3.57. The van der Waals surface area contributed by atoms with Crippen LogP contribution in [-0.4, -0.2) is 36.3 Å². The van der Waals surface area contributed by atoms with Crippen molar-refractivity contribution in [3.05, 3.63) is 71.5 Å².